The minimum Gasteiger partial charge on any atom is -0.463 e. The third kappa shape index (κ3) is 6.70. The van der Waals surface area contributed by atoms with E-state index in [9.17, 15) is 14.4 Å². The van der Waals surface area contributed by atoms with Gasteiger partial charge in [-0.05, 0) is 12.8 Å². The number of hydrogen-bond acceptors (Lipinski definition) is 5. The average molecular weight is 342 g/mol. The predicted molar refractivity (Wildman–Crippen MR) is 93.0 cm³/mol. The number of esters is 1. The second-order valence-electron chi connectivity index (χ2n) is 5.09. The zero-order valence-corrected chi connectivity index (χ0v) is 15.5. The van der Waals surface area contributed by atoms with Crippen molar-refractivity contribution in [2.45, 2.75) is 66.7 Å². The molecule has 1 aliphatic heterocycles. The lowest BCUT2D eigenvalue weighted by atomic mass is 10.2. The number of nitrogens with zero attached hydrogens (tertiary/aromatic N) is 1. The Labute approximate surface area is 143 Å². The first-order chi connectivity index (χ1) is 11.5. The molecule has 1 aliphatic rings. The molecule has 2 unspecified atom stereocenters. The molecule has 1 aromatic heterocycles. The SMILES string of the molecule is CC.CC.CC(C)C(=O)OCC1CCC(n2ccc(=O)[nH]c2=O)O1. The molecule has 24 heavy (non-hydrogen) atoms. The van der Waals surface area contributed by atoms with Crippen molar-refractivity contribution < 1.29 is 14.3 Å². The largest absolute Gasteiger partial charge is 0.463 e. The maximum absolute atomic E-state index is 11.6. The molecule has 1 aromatic rings. The van der Waals surface area contributed by atoms with E-state index in [4.69, 9.17) is 9.47 Å². The third-order valence-electron chi connectivity index (χ3n) is 3.13. The Bertz CT molecular complexity index is 591. The zero-order chi connectivity index (χ0) is 18.7. The number of aromatic nitrogens is 2. The van der Waals surface area contributed by atoms with Gasteiger partial charge in [-0.15, -0.1) is 0 Å². The van der Waals surface area contributed by atoms with Crippen LogP contribution < -0.4 is 11.2 Å². The predicted octanol–water partition coefficient (Wildman–Crippen LogP) is 2.47. The Morgan fingerprint density at radius 3 is 2.46 bits per heavy atom. The Hall–Kier alpha value is -1.89. The number of nitrogens with one attached hydrogen (secondary N) is 1. The molecule has 1 N–H and O–H groups in total. The highest BCUT2D eigenvalue weighted by Crippen LogP contribution is 2.27. The van der Waals surface area contributed by atoms with Gasteiger partial charge in [0, 0.05) is 12.3 Å². The van der Waals surface area contributed by atoms with Crippen molar-refractivity contribution in [3.63, 3.8) is 0 Å². The topological polar surface area (TPSA) is 90.4 Å². The first-order valence-electron chi connectivity index (χ1n) is 8.61. The maximum atomic E-state index is 11.6. The zero-order valence-electron chi connectivity index (χ0n) is 15.5. The van der Waals surface area contributed by atoms with Crippen LogP contribution in [0.15, 0.2) is 21.9 Å². The van der Waals surface area contributed by atoms with Gasteiger partial charge in [-0.3, -0.25) is 19.1 Å². The van der Waals surface area contributed by atoms with Gasteiger partial charge < -0.3 is 9.47 Å². The molecule has 0 aliphatic carbocycles. The smallest absolute Gasteiger partial charge is 0.330 e. The van der Waals surface area contributed by atoms with Crippen molar-refractivity contribution in [2.75, 3.05) is 6.61 Å². The molecule has 138 valence electrons. The molecular formula is C17H30N2O5. The Morgan fingerprint density at radius 2 is 1.92 bits per heavy atom. The lowest BCUT2D eigenvalue weighted by Crippen LogP contribution is -2.32. The lowest BCUT2D eigenvalue weighted by Gasteiger charge is -2.16. The summed E-state index contributed by atoms with van der Waals surface area (Å²) in [5.41, 5.74) is -0.936. The molecule has 2 atom stereocenters. The van der Waals surface area contributed by atoms with Gasteiger partial charge in [-0.1, -0.05) is 41.5 Å². The number of H-pyrrole nitrogens is 1. The van der Waals surface area contributed by atoms with E-state index in [1.807, 2.05) is 27.7 Å². The van der Waals surface area contributed by atoms with Gasteiger partial charge in [0.1, 0.15) is 12.8 Å². The molecule has 7 heteroatoms. The third-order valence-corrected chi connectivity index (χ3v) is 3.13. The fourth-order valence-electron chi connectivity index (χ4n) is 2.01. The van der Waals surface area contributed by atoms with Crippen LogP contribution in [-0.4, -0.2) is 28.2 Å². The quantitative estimate of drug-likeness (QED) is 0.849. The summed E-state index contributed by atoms with van der Waals surface area (Å²) in [5, 5.41) is 0. The molecule has 2 heterocycles. The number of rotatable bonds is 4. The van der Waals surface area contributed by atoms with E-state index >= 15 is 0 Å². The highest BCUT2D eigenvalue weighted by atomic mass is 16.6. The van der Waals surface area contributed by atoms with E-state index in [-0.39, 0.29) is 24.6 Å². The normalized spacial score (nSPS) is 19.0. The summed E-state index contributed by atoms with van der Waals surface area (Å²) in [7, 11) is 0. The van der Waals surface area contributed by atoms with Gasteiger partial charge in [0.25, 0.3) is 5.56 Å². The number of carbonyl (C=O) groups excluding carboxylic acids is 1. The summed E-state index contributed by atoms with van der Waals surface area (Å²) in [6, 6.07) is 1.27. The van der Waals surface area contributed by atoms with Crippen LogP contribution in [0.4, 0.5) is 0 Å². The van der Waals surface area contributed by atoms with Crippen molar-refractivity contribution in [1.29, 1.82) is 0 Å². The summed E-state index contributed by atoms with van der Waals surface area (Å²) in [5.74, 6) is -0.438. The van der Waals surface area contributed by atoms with Crippen LogP contribution in [0.5, 0.6) is 0 Å². The van der Waals surface area contributed by atoms with E-state index < -0.39 is 17.5 Å². The lowest BCUT2D eigenvalue weighted by molar-refractivity contribution is -0.152. The molecule has 0 radical (unpaired) electrons. The summed E-state index contributed by atoms with van der Waals surface area (Å²) >= 11 is 0. The number of ether oxygens (including phenoxy) is 2. The number of aromatic amines is 1. The van der Waals surface area contributed by atoms with Crippen LogP contribution >= 0.6 is 0 Å². The Morgan fingerprint density at radius 1 is 1.29 bits per heavy atom. The summed E-state index contributed by atoms with van der Waals surface area (Å²) in [6.07, 6.45) is 2.09. The van der Waals surface area contributed by atoms with Crippen LogP contribution in [0.1, 0.15) is 60.6 Å². The number of carbonyl (C=O) groups is 1. The van der Waals surface area contributed by atoms with Crippen LogP contribution in [0.3, 0.4) is 0 Å². The van der Waals surface area contributed by atoms with E-state index in [0.29, 0.717) is 12.8 Å². The molecule has 0 amide bonds. The van der Waals surface area contributed by atoms with Gasteiger partial charge in [0.2, 0.25) is 0 Å². The van der Waals surface area contributed by atoms with Gasteiger partial charge in [0.05, 0.1) is 12.0 Å². The van der Waals surface area contributed by atoms with Crippen molar-refractivity contribution in [1.82, 2.24) is 9.55 Å². The van der Waals surface area contributed by atoms with Crippen molar-refractivity contribution in [2.24, 2.45) is 5.92 Å². The van der Waals surface area contributed by atoms with E-state index in [0.717, 1.165) is 0 Å². The number of hydrogen-bond donors (Lipinski definition) is 1. The molecule has 0 saturated carbocycles. The Kier molecular flexibility index (Phi) is 10.7. The van der Waals surface area contributed by atoms with Gasteiger partial charge in [0.15, 0.2) is 0 Å². The summed E-state index contributed by atoms with van der Waals surface area (Å²) in [6.45, 7) is 11.7. The van der Waals surface area contributed by atoms with Crippen LogP contribution in [0, 0.1) is 5.92 Å². The molecular weight excluding hydrogens is 312 g/mol. The fraction of sp³-hybridized carbons (Fsp3) is 0.706. The fourth-order valence-corrected chi connectivity index (χ4v) is 2.01. The highest BCUT2D eigenvalue weighted by Gasteiger charge is 2.28. The van der Waals surface area contributed by atoms with Crippen molar-refractivity contribution in [3.05, 3.63) is 33.1 Å². The van der Waals surface area contributed by atoms with E-state index in [1.54, 1.807) is 13.8 Å². The van der Waals surface area contributed by atoms with Gasteiger partial charge in [-0.2, -0.15) is 0 Å². The average Bonchev–Trinajstić information content (AvgIpc) is 3.05. The standard InChI is InChI=1S/C13H18N2O5.2C2H6/c1-8(2)12(17)19-7-9-3-4-11(20-9)15-6-5-10(16)14-13(15)18;2*1-2/h5-6,8-9,11H,3-4,7H2,1-2H3,(H,14,16,18);2*1-2H3. The van der Waals surface area contributed by atoms with Crippen molar-refractivity contribution >= 4 is 5.97 Å². The van der Waals surface area contributed by atoms with Crippen LogP contribution in [0.25, 0.3) is 0 Å². The molecule has 0 aromatic carbocycles. The second kappa shape index (κ2) is 11.6. The van der Waals surface area contributed by atoms with Gasteiger partial charge in [-0.25, -0.2) is 4.79 Å². The first kappa shape index (κ1) is 22.1. The maximum Gasteiger partial charge on any atom is 0.330 e. The van der Waals surface area contributed by atoms with Crippen LogP contribution in [-0.2, 0) is 14.3 Å². The minimum atomic E-state index is -0.498. The molecule has 7 nitrogen and oxygen atoms in total. The first-order valence-corrected chi connectivity index (χ1v) is 8.61. The van der Waals surface area contributed by atoms with Crippen LogP contribution in [0.2, 0.25) is 0 Å². The van der Waals surface area contributed by atoms with E-state index in [1.165, 1.54) is 16.8 Å². The molecule has 1 saturated heterocycles. The molecule has 0 spiro atoms. The Balaban J connectivity index is 0.00000123. The minimum absolute atomic E-state index is 0.172. The molecule has 2 rings (SSSR count). The van der Waals surface area contributed by atoms with Crippen molar-refractivity contribution in [3.8, 4) is 0 Å². The molecule has 1 fully saturated rings. The summed E-state index contributed by atoms with van der Waals surface area (Å²) in [4.78, 5) is 36.2. The monoisotopic (exact) mass is 342 g/mol. The van der Waals surface area contributed by atoms with Gasteiger partial charge >= 0.3 is 11.7 Å². The summed E-state index contributed by atoms with van der Waals surface area (Å²) < 4.78 is 12.1. The second-order valence-corrected chi connectivity index (χ2v) is 5.09. The van der Waals surface area contributed by atoms with E-state index in [2.05, 4.69) is 4.98 Å². The highest BCUT2D eigenvalue weighted by molar-refractivity contribution is 5.71. The molecule has 0 bridgehead atoms.